The monoisotopic (exact) mass is 369 g/mol. The number of hydrogen-bond acceptors (Lipinski definition) is 4. The van der Waals surface area contributed by atoms with Crippen molar-refractivity contribution in [3.8, 4) is 0 Å². The zero-order chi connectivity index (χ0) is 17.1. The third-order valence-electron chi connectivity index (χ3n) is 2.56. The molecule has 0 bridgehead atoms. The van der Waals surface area contributed by atoms with Crippen LogP contribution in [-0.2, 0) is 4.74 Å². The minimum absolute atomic E-state index is 0.0925. The summed E-state index contributed by atoms with van der Waals surface area (Å²) >= 11 is 17.7. The van der Waals surface area contributed by atoms with Crippen LogP contribution in [0.5, 0.6) is 0 Å². The number of alkyl carbamates (subject to hydrolysis) is 1. The maximum Gasteiger partial charge on any atom is 0.407 e. The van der Waals surface area contributed by atoms with Crippen LogP contribution in [0.25, 0.3) is 0 Å². The highest BCUT2D eigenvalue weighted by Crippen LogP contribution is 2.34. The molecule has 1 amide bonds. The van der Waals surface area contributed by atoms with Gasteiger partial charge in [0.1, 0.15) is 17.8 Å². The van der Waals surface area contributed by atoms with Crippen molar-refractivity contribution in [2.75, 3.05) is 6.54 Å². The lowest BCUT2D eigenvalue weighted by Gasteiger charge is -2.23. The first-order valence-electron chi connectivity index (χ1n) is 6.48. The third kappa shape index (κ3) is 5.82. The molecule has 22 heavy (non-hydrogen) atoms. The number of halogens is 3. The smallest absolute Gasteiger partial charge is 0.407 e. The van der Waals surface area contributed by atoms with Gasteiger partial charge in [-0.25, -0.2) is 4.79 Å². The van der Waals surface area contributed by atoms with Gasteiger partial charge in [-0.05, 0) is 32.9 Å². The first kappa shape index (κ1) is 19.3. The topological polar surface area (TPSA) is 78.8 Å². The van der Waals surface area contributed by atoms with Crippen LogP contribution >= 0.6 is 34.8 Å². The first-order chi connectivity index (χ1) is 10.0. The van der Waals surface area contributed by atoms with Gasteiger partial charge in [-0.3, -0.25) is 0 Å². The Kier molecular flexibility index (Phi) is 6.77. The van der Waals surface area contributed by atoms with Crippen molar-refractivity contribution < 1.29 is 19.7 Å². The molecule has 0 saturated heterocycles. The molecule has 3 N–H and O–H groups in total. The number of aliphatic hydroxyl groups is 2. The van der Waals surface area contributed by atoms with E-state index in [1.807, 2.05) is 0 Å². The molecule has 0 radical (unpaired) electrons. The maximum absolute atomic E-state index is 11.5. The molecule has 0 heterocycles. The Morgan fingerprint density at radius 3 is 2.41 bits per heavy atom. The molecular weight excluding hydrogens is 353 g/mol. The van der Waals surface area contributed by atoms with Crippen molar-refractivity contribution in [1.82, 2.24) is 5.32 Å². The van der Waals surface area contributed by atoms with E-state index in [4.69, 9.17) is 39.5 Å². The van der Waals surface area contributed by atoms with Gasteiger partial charge in [-0.2, -0.15) is 0 Å². The molecule has 2 unspecified atom stereocenters. The number of nitrogens with one attached hydrogen (secondary N) is 1. The van der Waals surface area contributed by atoms with Crippen LogP contribution in [0, 0.1) is 0 Å². The quantitative estimate of drug-likeness (QED) is 0.708. The Morgan fingerprint density at radius 1 is 1.27 bits per heavy atom. The van der Waals surface area contributed by atoms with E-state index in [9.17, 15) is 15.0 Å². The van der Waals surface area contributed by atoms with Gasteiger partial charge in [0.05, 0.1) is 10.0 Å². The molecule has 1 aromatic rings. The van der Waals surface area contributed by atoms with Gasteiger partial charge in [0.25, 0.3) is 0 Å². The molecule has 1 aromatic carbocycles. The van der Waals surface area contributed by atoms with Crippen molar-refractivity contribution in [3.05, 3.63) is 32.8 Å². The second-order valence-corrected chi connectivity index (χ2v) is 6.91. The summed E-state index contributed by atoms with van der Waals surface area (Å²) in [6, 6.07) is 2.82. The summed E-state index contributed by atoms with van der Waals surface area (Å²) < 4.78 is 5.02. The van der Waals surface area contributed by atoms with E-state index < -0.39 is 23.9 Å². The van der Waals surface area contributed by atoms with Crippen molar-refractivity contribution in [1.29, 1.82) is 0 Å². The minimum Gasteiger partial charge on any atom is -0.444 e. The van der Waals surface area contributed by atoms with Crippen molar-refractivity contribution in [2.24, 2.45) is 0 Å². The molecule has 5 nitrogen and oxygen atoms in total. The normalized spacial score (nSPS) is 14.4. The lowest BCUT2D eigenvalue weighted by atomic mass is 10.0. The fourth-order valence-corrected chi connectivity index (χ4v) is 2.34. The van der Waals surface area contributed by atoms with Gasteiger partial charge in [0.15, 0.2) is 0 Å². The van der Waals surface area contributed by atoms with Gasteiger partial charge >= 0.3 is 6.09 Å². The predicted octanol–water partition coefficient (Wildman–Crippen LogP) is 3.57. The van der Waals surface area contributed by atoms with Crippen LogP contribution < -0.4 is 5.32 Å². The summed E-state index contributed by atoms with van der Waals surface area (Å²) in [5.74, 6) is 0. The molecule has 0 aromatic heterocycles. The number of carbonyl (C=O) groups is 1. The van der Waals surface area contributed by atoms with Crippen molar-refractivity contribution in [2.45, 2.75) is 38.6 Å². The molecular formula is C14H18Cl3NO4. The fourth-order valence-electron chi connectivity index (χ4n) is 1.61. The van der Waals surface area contributed by atoms with Crippen LogP contribution in [0.4, 0.5) is 4.79 Å². The summed E-state index contributed by atoms with van der Waals surface area (Å²) in [6.07, 6.45) is -3.37. The van der Waals surface area contributed by atoms with Crippen LogP contribution in [-0.4, -0.2) is 34.6 Å². The predicted molar refractivity (Wildman–Crippen MR) is 86.7 cm³/mol. The summed E-state index contributed by atoms with van der Waals surface area (Å²) in [6.45, 7) is 4.92. The minimum atomic E-state index is -1.36. The molecule has 0 fully saturated rings. The van der Waals surface area contributed by atoms with Gasteiger partial charge < -0.3 is 20.3 Å². The lowest BCUT2D eigenvalue weighted by Crippen LogP contribution is -2.38. The van der Waals surface area contributed by atoms with E-state index in [1.54, 1.807) is 20.8 Å². The zero-order valence-electron chi connectivity index (χ0n) is 12.4. The van der Waals surface area contributed by atoms with Gasteiger partial charge in [-0.15, -0.1) is 0 Å². The molecule has 0 spiro atoms. The number of carbonyl (C=O) groups excluding carboxylic acids is 1. The van der Waals surface area contributed by atoms with E-state index in [0.29, 0.717) is 0 Å². The van der Waals surface area contributed by atoms with E-state index >= 15 is 0 Å². The van der Waals surface area contributed by atoms with Crippen LogP contribution in [0.15, 0.2) is 12.1 Å². The third-order valence-corrected chi connectivity index (χ3v) is 3.59. The molecule has 2 atom stereocenters. The number of hydrogen-bond donors (Lipinski definition) is 3. The second kappa shape index (κ2) is 7.70. The molecule has 8 heteroatoms. The van der Waals surface area contributed by atoms with Gasteiger partial charge in [-0.1, -0.05) is 34.8 Å². The summed E-state index contributed by atoms with van der Waals surface area (Å²) in [7, 11) is 0. The average molecular weight is 371 g/mol. The molecule has 1 rings (SSSR count). The Hall–Kier alpha value is -0.720. The van der Waals surface area contributed by atoms with E-state index in [0.717, 1.165) is 0 Å². The Bertz CT molecular complexity index is 546. The highest BCUT2D eigenvalue weighted by atomic mass is 35.5. The van der Waals surface area contributed by atoms with Crippen LogP contribution in [0.3, 0.4) is 0 Å². The molecule has 124 valence electrons. The first-order valence-corrected chi connectivity index (χ1v) is 7.62. The Labute approximate surface area is 144 Å². The highest BCUT2D eigenvalue weighted by Gasteiger charge is 2.24. The zero-order valence-corrected chi connectivity index (χ0v) is 14.6. The highest BCUT2D eigenvalue weighted by molar-refractivity contribution is 6.43. The van der Waals surface area contributed by atoms with E-state index in [-0.39, 0.29) is 27.2 Å². The fraction of sp³-hybridized carbons (Fsp3) is 0.500. The van der Waals surface area contributed by atoms with E-state index in [1.165, 1.54) is 12.1 Å². The molecule has 0 aliphatic carbocycles. The number of ether oxygens (including phenoxy) is 1. The molecule has 0 aliphatic heterocycles. The number of benzene rings is 1. The number of aliphatic hydroxyl groups excluding tert-OH is 2. The van der Waals surface area contributed by atoms with E-state index in [2.05, 4.69) is 5.32 Å². The van der Waals surface area contributed by atoms with Gasteiger partial charge in [0.2, 0.25) is 0 Å². The van der Waals surface area contributed by atoms with Crippen LogP contribution in [0.2, 0.25) is 15.1 Å². The van der Waals surface area contributed by atoms with Crippen molar-refractivity contribution in [3.63, 3.8) is 0 Å². The SMILES string of the molecule is CC(C)(C)OC(=O)NCC(O)C(O)c1cc(Cl)cc(Cl)c1Cl. The average Bonchev–Trinajstić information content (AvgIpc) is 2.37. The van der Waals surface area contributed by atoms with Crippen LogP contribution in [0.1, 0.15) is 32.4 Å². The van der Waals surface area contributed by atoms with Crippen molar-refractivity contribution >= 4 is 40.9 Å². The second-order valence-electron chi connectivity index (χ2n) is 5.69. The standard InChI is InChI=1S/C14H18Cl3NO4/c1-14(2,3)22-13(21)18-6-10(19)12(20)8-4-7(15)5-9(16)11(8)17/h4-5,10,12,19-20H,6H2,1-3H3,(H,18,21). The Morgan fingerprint density at radius 2 is 1.86 bits per heavy atom. The Balaban J connectivity index is 2.70. The summed E-state index contributed by atoms with van der Waals surface area (Å²) in [5, 5.41) is 23.0. The summed E-state index contributed by atoms with van der Waals surface area (Å²) in [5.41, 5.74) is -0.477. The lowest BCUT2D eigenvalue weighted by molar-refractivity contribution is 0.0130. The largest absolute Gasteiger partial charge is 0.444 e. The summed E-state index contributed by atoms with van der Waals surface area (Å²) in [4.78, 5) is 11.5. The molecule has 0 saturated carbocycles. The number of amides is 1. The molecule has 0 aliphatic rings. The van der Waals surface area contributed by atoms with Gasteiger partial charge in [0, 0.05) is 17.1 Å². The maximum atomic E-state index is 11.5. The number of rotatable bonds is 4.